The molecule has 1 aromatic carbocycles. The summed E-state index contributed by atoms with van der Waals surface area (Å²) in [6.45, 7) is 8.25. The van der Waals surface area contributed by atoms with Crippen LogP contribution < -0.4 is 16.0 Å². The smallest absolute Gasteiger partial charge is 0.416 e. The highest BCUT2D eigenvalue weighted by Gasteiger charge is 2.30. The third-order valence-corrected chi connectivity index (χ3v) is 4.58. The Morgan fingerprint density at radius 1 is 0.970 bits per heavy atom. The van der Waals surface area contributed by atoms with E-state index in [0.29, 0.717) is 17.5 Å². The number of carbonyl (C=O) groups is 1. The van der Waals surface area contributed by atoms with Gasteiger partial charge in [-0.1, -0.05) is 51.2 Å². The van der Waals surface area contributed by atoms with Gasteiger partial charge in [-0.2, -0.15) is 13.2 Å². The molecular weight excluding hydrogens is 435 g/mol. The highest BCUT2D eigenvalue weighted by Crippen LogP contribution is 2.29. The fourth-order valence-corrected chi connectivity index (χ4v) is 3.01. The normalized spacial score (nSPS) is 17.4. The van der Waals surface area contributed by atoms with E-state index >= 15 is 0 Å². The van der Waals surface area contributed by atoms with E-state index in [1.165, 1.54) is 44.2 Å². The summed E-state index contributed by atoms with van der Waals surface area (Å²) in [6, 6.07) is 5.06. The molecule has 0 radical (unpaired) electrons. The van der Waals surface area contributed by atoms with Crippen LogP contribution in [-0.4, -0.2) is 35.2 Å². The maximum atomic E-state index is 12.7. The zero-order valence-corrected chi connectivity index (χ0v) is 19.9. The van der Waals surface area contributed by atoms with Crippen molar-refractivity contribution >= 4 is 17.9 Å². The number of hydrogen-bond acceptors (Lipinski definition) is 3. The summed E-state index contributed by atoms with van der Waals surface area (Å²) in [6.07, 6.45) is 2.94. The van der Waals surface area contributed by atoms with Crippen LogP contribution in [0.4, 0.5) is 13.2 Å². The average molecular weight is 472 g/mol. The number of guanidine groups is 2. The minimum absolute atomic E-state index is 0.272. The van der Waals surface area contributed by atoms with Crippen LogP contribution in [0, 0.1) is 0 Å². The Balaban J connectivity index is 0.00000125. The zero-order valence-electron chi connectivity index (χ0n) is 19.9. The molecule has 0 aromatic heterocycles. The second-order valence-electron chi connectivity index (χ2n) is 8.38. The average Bonchev–Trinajstić information content (AvgIpc) is 2.70. The number of aliphatic carboxylic acids is 1. The number of carboxylic acid groups (broad SMARTS) is 1. The summed E-state index contributed by atoms with van der Waals surface area (Å²) >= 11 is 0. The molecule has 10 heteroatoms. The van der Waals surface area contributed by atoms with E-state index in [2.05, 4.69) is 32.9 Å². The fourth-order valence-electron chi connectivity index (χ4n) is 3.01. The number of hydrogen-bond donors (Lipinski definition) is 4. The lowest BCUT2D eigenvalue weighted by Crippen LogP contribution is -2.68. The van der Waals surface area contributed by atoms with Crippen molar-refractivity contribution in [2.45, 2.75) is 84.6 Å². The number of aliphatic imine (C=N–C) groups is 2. The van der Waals surface area contributed by atoms with Crippen LogP contribution in [0.1, 0.15) is 77.3 Å². The molecule has 4 N–H and O–H groups in total. The maximum Gasteiger partial charge on any atom is 0.416 e. The molecule has 7 nitrogen and oxygen atoms in total. The second-order valence-corrected chi connectivity index (χ2v) is 8.38. The van der Waals surface area contributed by atoms with E-state index in [4.69, 9.17) is 9.90 Å². The van der Waals surface area contributed by atoms with Crippen LogP contribution in [-0.2, 0) is 17.5 Å². The zero-order chi connectivity index (χ0) is 24.9. The second kappa shape index (κ2) is 13.7. The van der Waals surface area contributed by atoms with Crippen molar-refractivity contribution in [1.29, 1.82) is 0 Å². The number of rotatable bonds is 9. The van der Waals surface area contributed by atoms with E-state index in [1.807, 2.05) is 13.8 Å². The largest absolute Gasteiger partial charge is 0.481 e. The molecule has 1 aromatic rings. The predicted octanol–water partition coefficient (Wildman–Crippen LogP) is 4.89. The molecular formula is C23H36F3N5O2. The Hall–Kier alpha value is -2.78. The monoisotopic (exact) mass is 471 g/mol. The fraction of sp³-hybridized carbons (Fsp3) is 0.609. The molecule has 1 aliphatic heterocycles. The molecule has 1 fully saturated rings. The highest BCUT2D eigenvalue weighted by atomic mass is 19.4. The van der Waals surface area contributed by atoms with Gasteiger partial charge in [0.2, 0.25) is 0 Å². The lowest BCUT2D eigenvalue weighted by molar-refractivity contribution is -0.137. The highest BCUT2D eigenvalue weighted by molar-refractivity contribution is 6.01. The molecule has 0 aliphatic carbocycles. The molecule has 0 unspecified atom stereocenters. The molecule has 0 saturated carbocycles. The van der Waals surface area contributed by atoms with Crippen molar-refractivity contribution in [3.05, 3.63) is 35.4 Å². The van der Waals surface area contributed by atoms with Gasteiger partial charge in [0.1, 0.15) is 5.66 Å². The van der Waals surface area contributed by atoms with Crippen molar-refractivity contribution in [2.75, 3.05) is 6.54 Å². The molecule has 0 bridgehead atoms. The van der Waals surface area contributed by atoms with Crippen molar-refractivity contribution in [3.8, 4) is 0 Å². The first-order valence-electron chi connectivity index (χ1n) is 11.2. The van der Waals surface area contributed by atoms with Gasteiger partial charge in [0, 0.05) is 13.5 Å². The minimum Gasteiger partial charge on any atom is -0.481 e. The van der Waals surface area contributed by atoms with Crippen molar-refractivity contribution < 1.29 is 23.1 Å². The number of nitrogens with one attached hydrogen (secondary N) is 3. The Morgan fingerprint density at radius 2 is 1.48 bits per heavy atom. The quantitative estimate of drug-likeness (QED) is 0.385. The molecule has 33 heavy (non-hydrogen) atoms. The van der Waals surface area contributed by atoms with Gasteiger partial charge in [0.05, 0.1) is 12.1 Å². The number of unbranched alkanes of at least 4 members (excludes halogenated alkanes) is 5. The van der Waals surface area contributed by atoms with Crippen LogP contribution >= 0.6 is 0 Å². The Bertz CT molecular complexity index is 786. The van der Waals surface area contributed by atoms with Crippen LogP contribution in [0.5, 0.6) is 0 Å². The lowest BCUT2D eigenvalue weighted by atomic mass is 10.1. The van der Waals surface area contributed by atoms with Gasteiger partial charge in [0.15, 0.2) is 11.9 Å². The molecule has 1 heterocycles. The maximum absolute atomic E-state index is 12.7. The first kappa shape index (κ1) is 28.3. The number of benzene rings is 1. The number of halogens is 3. The van der Waals surface area contributed by atoms with Gasteiger partial charge >= 0.3 is 6.18 Å². The third-order valence-electron chi connectivity index (χ3n) is 4.58. The van der Waals surface area contributed by atoms with E-state index in [9.17, 15) is 13.2 Å². The van der Waals surface area contributed by atoms with Gasteiger partial charge < -0.3 is 15.7 Å². The predicted molar refractivity (Wildman–Crippen MR) is 125 cm³/mol. The summed E-state index contributed by atoms with van der Waals surface area (Å²) in [5.41, 5.74) is -0.377. The van der Waals surface area contributed by atoms with Crippen LogP contribution in [0.25, 0.3) is 0 Å². The van der Waals surface area contributed by atoms with Crippen molar-refractivity contribution in [1.82, 2.24) is 16.0 Å². The van der Waals surface area contributed by atoms with Crippen LogP contribution in [0.3, 0.4) is 0 Å². The van der Waals surface area contributed by atoms with Gasteiger partial charge in [-0.05, 0) is 38.0 Å². The van der Waals surface area contributed by atoms with E-state index < -0.39 is 23.4 Å². The number of nitrogens with zero attached hydrogens (tertiary/aromatic N) is 2. The van der Waals surface area contributed by atoms with Gasteiger partial charge in [-0.15, -0.1) is 0 Å². The Labute approximate surface area is 194 Å². The van der Waals surface area contributed by atoms with Gasteiger partial charge in [0.25, 0.3) is 5.97 Å². The Morgan fingerprint density at radius 3 is 2.03 bits per heavy atom. The lowest BCUT2D eigenvalue weighted by Gasteiger charge is -2.36. The first-order chi connectivity index (χ1) is 15.4. The standard InChI is InChI=1S/C21H32F3N5.C2H4O2/c1-4-5-6-7-8-9-14-25-18-27-19(29-20(2,3)28-18)26-15-16-10-12-17(13-11-16)21(22,23)24;1-2(3)4/h10-13H,4-9,14-15H2,1-3H3,(H3,25,26,27,28,29);1H3,(H,3,4). The van der Waals surface area contributed by atoms with Crippen molar-refractivity contribution in [2.24, 2.45) is 9.98 Å². The molecule has 1 aliphatic rings. The SMILES string of the molecule is CC(=O)O.CCCCCCCCN=C1NC(=NCc2ccc(C(F)(F)F)cc2)NC(C)(C)N1. The van der Waals surface area contributed by atoms with Crippen LogP contribution in [0.2, 0.25) is 0 Å². The summed E-state index contributed by atoms with van der Waals surface area (Å²) < 4.78 is 38.0. The summed E-state index contributed by atoms with van der Waals surface area (Å²) in [7, 11) is 0. The topological polar surface area (TPSA) is 98.1 Å². The van der Waals surface area contributed by atoms with E-state index in [1.54, 1.807) is 0 Å². The van der Waals surface area contributed by atoms with Crippen molar-refractivity contribution in [3.63, 3.8) is 0 Å². The molecule has 0 atom stereocenters. The molecule has 0 spiro atoms. The van der Waals surface area contributed by atoms with Crippen LogP contribution in [0.15, 0.2) is 34.3 Å². The van der Waals surface area contributed by atoms with Gasteiger partial charge in [-0.25, -0.2) is 4.99 Å². The molecule has 0 amide bonds. The van der Waals surface area contributed by atoms with E-state index in [0.717, 1.165) is 32.0 Å². The number of carboxylic acids is 1. The number of alkyl halides is 3. The molecule has 186 valence electrons. The van der Waals surface area contributed by atoms with E-state index in [-0.39, 0.29) is 6.54 Å². The summed E-state index contributed by atoms with van der Waals surface area (Å²) in [5.74, 6) is 0.379. The summed E-state index contributed by atoms with van der Waals surface area (Å²) in [4.78, 5) is 18.1. The molecule has 2 rings (SSSR count). The third kappa shape index (κ3) is 12.7. The minimum atomic E-state index is -4.33. The first-order valence-corrected chi connectivity index (χ1v) is 11.2. The Kier molecular flexibility index (Phi) is 11.7. The summed E-state index contributed by atoms with van der Waals surface area (Å²) in [5, 5.41) is 17.0. The molecule has 1 saturated heterocycles. The van der Waals surface area contributed by atoms with Gasteiger partial charge in [-0.3, -0.25) is 15.1 Å².